The molecule has 10 heteroatoms. The zero-order chi connectivity index (χ0) is 29.8. The molecule has 0 spiro atoms. The fraction of sp³-hybridized carbons (Fsp3) is 0.484. The smallest absolute Gasteiger partial charge is 0.432 e. The Morgan fingerprint density at radius 3 is 1.80 bits per heavy atom. The quantitative estimate of drug-likeness (QED) is 0.214. The Kier molecular flexibility index (Phi) is 9.70. The van der Waals surface area contributed by atoms with Gasteiger partial charge in [0, 0.05) is 11.6 Å². The Morgan fingerprint density at radius 2 is 1.29 bits per heavy atom. The summed E-state index contributed by atoms with van der Waals surface area (Å²) in [5, 5.41) is 0. The first kappa shape index (κ1) is 30.9. The Balaban J connectivity index is 1.25. The SMILES string of the molecule is C=CCc1cc(F)c(C2CCC(/C=C/C3CCC(C(F)(F)Oc4ccc(OC(F)(F)F)c(F)c4)CC3)CC2)c(F)c1. The average molecular weight is 589 g/mol. The Labute approximate surface area is 234 Å². The standard InChI is InChI=1S/C31H32F8O2/c1-2-3-21-16-26(33)29(27(34)17-21)22-10-6-19(7-11-22)4-5-20-8-12-23(13-9-20)30(35,36)40-24-14-15-28(25(32)18-24)41-31(37,38)39/h2,4-5,14-20,22-23H,1,3,6-13H2/b5-4+. The van der Waals surface area contributed by atoms with Crippen molar-refractivity contribution < 1.29 is 44.6 Å². The van der Waals surface area contributed by atoms with Crippen LogP contribution in [0.5, 0.6) is 11.5 Å². The highest BCUT2D eigenvalue weighted by Gasteiger charge is 2.44. The van der Waals surface area contributed by atoms with E-state index < -0.39 is 47.3 Å². The third kappa shape index (κ3) is 8.26. The first-order valence-electron chi connectivity index (χ1n) is 13.7. The van der Waals surface area contributed by atoms with Gasteiger partial charge in [0.05, 0.1) is 5.92 Å². The number of hydrogen-bond acceptors (Lipinski definition) is 2. The van der Waals surface area contributed by atoms with Crippen LogP contribution in [-0.2, 0) is 6.42 Å². The summed E-state index contributed by atoms with van der Waals surface area (Å²) in [6, 6.07) is 4.59. The Morgan fingerprint density at radius 1 is 0.732 bits per heavy atom. The predicted molar refractivity (Wildman–Crippen MR) is 138 cm³/mol. The van der Waals surface area contributed by atoms with Gasteiger partial charge in [0.15, 0.2) is 11.6 Å². The fourth-order valence-corrected chi connectivity index (χ4v) is 5.87. The van der Waals surface area contributed by atoms with Crippen LogP contribution in [0.15, 0.2) is 55.1 Å². The second-order valence-corrected chi connectivity index (χ2v) is 10.9. The van der Waals surface area contributed by atoms with Gasteiger partial charge in [0.25, 0.3) is 0 Å². The number of benzene rings is 2. The van der Waals surface area contributed by atoms with Crippen molar-refractivity contribution in [2.75, 3.05) is 0 Å². The van der Waals surface area contributed by atoms with Crippen LogP contribution in [0.3, 0.4) is 0 Å². The molecule has 2 saturated carbocycles. The highest BCUT2D eigenvalue weighted by atomic mass is 19.4. The van der Waals surface area contributed by atoms with Gasteiger partial charge >= 0.3 is 12.5 Å². The monoisotopic (exact) mass is 588 g/mol. The van der Waals surface area contributed by atoms with Crippen molar-refractivity contribution in [2.24, 2.45) is 17.8 Å². The third-order valence-electron chi connectivity index (χ3n) is 7.98. The largest absolute Gasteiger partial charge is 0.573 e. The molecule has 41 heavy (non-hydrogen) atoms. The highest BCUT2D eigenvalue weighted by molar-refractivity contribution is 5.33. The molecule has 2 fully saturated rings. The van der Waals surface area contributed by atoms with Gasteiger partial charge < -0.3 is 9.47 Å². The second-order valence-electron chi connectivity index (χ2n) is 10.9. The number of hydrogen-bond donors (Lipinski definition) is 0. The van der Waals surface area contributed by atoms with Gasteiger partial charge in [0.1, 0.15) is 17.4 Å². The molecule has 0 N–H and O–H groups in total. The van der Waals surface area contributed by atoms with E-state index in [4.69, 9.17) is 4.74 Å². The molecule has 0 heterocycles. The summed E-state index contributed by atoms with van der Waals surface area (Å²) < 4.78 is 118. The van der Waals surface area contributed by atoms with Crippen LogP contribution in [0.4, 0.5) is 35.1 Å². The van der Waals surface area contributed by atoms with Gasteiger partial charge in [-0.05, 0) is 105 Å². The molecular formula is C31H32F8O2. The molecule has 2 aliphatic rings. The summed E-state index contributed by atoms with van der Waals surface area (Å²) in [6.45, 7) is 3.60. The van der Waals surface area contributed by atoms with Crippen LogP contribution < -0.4 is 9.47 Å². The number of alkyl halides is 5. The number of ether oxygens (including phenoxy) is 2. The Bertz CT molecular complexity index is 1200. The lowest BCUT2D eigenvalue weighted by atomic mass is 9.76. The minimum Gasteiger partial charge on any atom is -0.432 e. The third-order valence-corrected chi connectivity index (χ3v) is 7.98. The first-order valence-corrected chi connectivity index (χ1v) is 13.7. The van der Waals surface area contributed by atoms with Crippen molar-refractivity contribution in [1.82, 2.24) is 0 Å². The second kappa shape index (κ2) is 12.9. The molecule has 2 nitrogen and oxygen atoms in total. The van der Waals surface area contributed by atoms with Crippen LogP contribution >= 0.6 is 0 Å². The minimum atomic E-state index is -5.11. The van der Waals surface area contributed by atoms with E-state index in [0.717, 1.165) is 18.9 Å². The van der Waals surface area contributed by atoms with E-state index in [1.54, 1.807) is 6.08 Å². The van der Waals surface area contributed by atoms with E-state index in [1.807, 2.05) is 6.08 Å². The molecule has 0 atom stereocenters. The van der Waals surface area contributed by atoms with Crippen LogP contribution in [-0.4, -0.2) is 12.5 Å². The van der Waals surface area contributed by atoms with Crippen LogP contribution in [0.2, 0.25) is 0 Å². The Hall–Kier alpha value is -3.04. The molecule has 0 amide bonds. The van der Waals surface area contributed by atoms with Crippen LogP contribution in [0.25, 0.3) is 0 Å². The highest BCUT2D eigenvalue weighted by Crippen LogP contribution is 2.42. The van der Waals surface area contributed by atoms with Gasteiger partial charge in [0.2, 0.25) is 0 Å². The van der Waals surface area contributed by atoms with E-state index in [1.165, 1.54) is 12.1 Å². The van der Waals surface area contributed by atoms with E-state index in [9.17, 15) is 35.1 Å². The predicted octanol–water partition coefficient (Wildman–Crippen LogP) is 10.0. The number of rotatable bonds is 9. The molecule has 0 unspecified atom stereocenters. The van der Waals surface area contributed by atoms with Crippen molar-refractivity contribution in [2.45, 2.75) is 76.2 Å². The van der Waals surface area contributed by atoms with Crippen molar-refractivity contribution in [3.05, 3.63) is 83.7 Å². The zero-order valence-electron chi connectivity index (χ0n) is 22.3. The molecule has 2 aromatic carbocycles. The summed E-state index contributed by atoms with van der Waals surface area (Å²) in [4.78, 5) is 0. The lowest BCUT2D eigenvalue weighted by Gasteiger charge is -2.33. The topological polar surface area (TPSA) is 18.5 Å². The van der Waals surface area contributed by atoms with Gasteiger partial charge in [-0.25, -0.2) is 13.2 Å². The normalized spacial score (nSPS) is 23.9. The van der Waals surface area contributed by atoms with Crippen molar-refractivity contribution in [3.8, 4) is 11.5 Å². The molecule has 224 valence electrons. The van der Waals surface area contributed by atoms with E-state index >= 15 is 0 Å². The van der Waals surface area contributed by atoms with Crippen molar-refractivity contribution in [1.29, 1.82) is 0 Å². The molecule has 2 aliphatic carbocycles. The number of allylic oxidation sites excluding steroid dienone is 3. The molecular weight excluding hydrogens is 556 g/mol. The minimum absolute atomic E-state index is 0.100. The summed E-state index contributed by atoms with van der Waals surface area (Å²) in [7, 11) is 0. The van der Waals surface area contributed by atoms with Crippen molar-refractivity contribution in [3.63, 3.8) is 0 Å². The van der Waals surface area contributed by atoms with Crippen molar-refractivity contribution >= 4 is 0 Å². The molecule has 0 aliphatic heterocycles. The molecule has 0 bridgehead atoms. The van der Waals surface area contributed by atoms with Gasteiger partial charge in [-0.15, -0.1) is 19.8 Å². The summed E-state index contributed by atoms with van der Waals surface area (Å²) >= 11 is 0. The first-order chi connectivity index (χ1) is 19.3. The fourth-order valence-electron chi connectivity index (χ4n) is 5.87. The zero-order valence-corrected chi connectivity index (χ0v) is 22.3. The van der Waals surface area contributed by atoms with Gasteiger partial charge in [-0.1, -0.05) is 18.2 Å². The van der Waals surface area contributed by atoms with E-state index in [2.05, 4.69) is 17.4 Å². The molecule has 0 saturated heterocycles. The van der Waals surface area contributed by atoms with Crippen LogP contribution in [0, 0.1) is 35.2 Å². The van der Waals surface area contributed by atoms with E-state index in [-0.39, 0.29) is 36.2 Å². The molecule has 0 radical (unpaired) electrons. The summed E-state index contributed by atoms with van der Waals surface area (Å²) in [6.07, 6.45) is 1.57. The lowest BCUT2D eigenvalue weighted by molar-refractivity contribution is -0.275. The van der Waals surface area contributed by atoms with Gasteiger partial charge in [-0.3, -0.25) is 0 Å². The maximum absolute atomic E-state index is 14.8. The molecule has 4 rings (SSSR count). The summed E-state index contributed by atoms with van der Waals surface area (Å²) in [5.74, 6) is -5.18. The summed E-state index contributed by atoms with van der Waals surface area (Å²) in [5.41, 5.74) is 0.701. The van der Waals surface area contributed by atoms with Crippen LogP contribution in [0.1, 0.15) is 68.4 Å². The maximum Gasteiger partial charge on any atom is 0.573 e. The lowest BCUT2D eigenvalue weighted by Crippen LogP contribution is -2.37. The molecule has 0 aromatic heterocycles. The maximum atomic E-state index is 14.8. The molecule has 2 aromatic rings. The van der Waals surface area contributed by atoms with Gasteiger partial charge in [-0.2, -0.15) is 8.78 Å². The average Bonchev–Trinajstić information content (AvgIpc) is 2.89. The van der Waals surface area contributed by atoms with E-state index in [0.29, 0.717) is 49.8 Å². The number of halogens is 8.